The number of hydrogen-bond acceptors (Lipinski definition) is 7. The SMILES string of the molecule is CC[S+]([O-])c1ccc2c(c1)N(c1ncc(-c3cc(C)cnn3)cn1)CC21COC1. The molecule has 4 heterocycles. The fraction of sp³-hybridized carbons (Fsp3) is 0.333. The van der Waals surface area contributed by atoms with Crippen LogP contribution in [0, 0.1) is 6.92 Å². The van der Waals surface area contributed by atoms with Gasteiger partial charge in [0, 0.05) is 30.6 Å². The summed E-state index contributed by atoms with van der Waals surface area (Å²) < 4.78 is 17.9. The van der Waals surface area contributed by atoms with E-state index in [-0.39, 0.29) is 5.41 Å². The van der Waals surface area contributed by atoms with E-state index < -0.39 is 11.2 Å². The molecule has 0 radical (unpaired) electrons. The summed E-state index contributed by atoms with van der Waals surface area (Å²) in [5.74, 6) is 1.22. The van der Waals surface area contributed by atoms with Crippen LogP contribution in [0.2, 0.25) is 0 Å². The average Bonchev–Trinajstić information content (AvgIpc) is 3.08. The summed E-state index contributed by atoms with van der Waals surface area (Å²) >= 11 is -1.01. The molecule has 1 saturated heterocycles. The number of nitrogens with zero attached hydrogens (tertiary/aromatic N) is 5. The molecule has 0 saturated carbocycles. The van der Waals surface area contributed by atoms with Crippen LogP contribution >= 0.6 is 0 Å². The highest BCUT2D eigenvalue weighted by Crippen LogP contribution is 2.48. The minimum atomic E-state index is -1.01. The minimum absolute atomic E-state index is 0.0361. The third-order valence-corrected chi connectivity index (χ3v) is 6.84. The Hall–Kier alpha value is -2.55. The molecule has 1 aromatic carbocycles. The van der Waals surface area contributed by atoms with Gasteiger partial charge < -0.3 is 14.2 Å². The summed E-state index contributed by atoms with van der Waals surface area (Å²) in [5.41, 5.74) is 4.82. The van der Waals surface area contributed by atoms with Crippen LogP contribution in [0.4, 0.5) is 11.6 Å². The first-order valence-electron chi connectivity index (χ1n) is 9.59. The van der Waals surface area contributed by atoms with Gasteiger partial charge in [-0.2, -0.15) is 10.2 Å². The van der Waals surface area contributed by atoms with Gasteiger partial charge in [0.2, 0.25) is 5.95 Å². The Kier molecular flexibility index (Phi) is 4.49. The molecule has 0 bridgehead atoms. The highest BCUT2D eigenvalue weighted by molar-refractivity contribution is 7.91. The van der Waals surface area contributed by atoms with E-state index in [4.69, 9.17) is 4.74 Å². The normalized spacial score (nSPS) is 17.8. The molecule has 2 aliphatic heterocycles. The molecule has 148 valence electrons. The number of anilines is 2. The highest BCUT2D eigenvalue weighted by Gasteiger charge is 2.49. The van der Waals surface area contributed by atoms with Crippen molar-refractivity contribution in [2.45, 2.75) is 24.2 Å². The van der Waals surface area contributed by atoms with Crippen LogP contribution in [-0.4, -0.2) is 50.2 Å². The first-order valence-corrected chi connectivity index (χ1v) is 10.9. The molecule has 2 aromatic heterocycles. The lowest BCUT2D eigenvalue weighted by Gasteiger charge is -2.38. The number of fused-ring (bicyclic) bond motifs is 2. The van der Waals surface area contributed by atoms with Gasteiger partial charge in [-0.3, -0.25) is 0 Å². The van der Waals surface area contributed by atoms with Crippen LogP contribution in [0.15, 0.2) is 47.8 Å². The first-order chi connectivity index (χ1) is 14.1. The van der Waals surface area contributed by atoms with Gasteiger partial charge in [0.15, 0.2) is 4.90 Å². The Balaban J connectivity index is 1.52. The van der Waals surface area contributed by atoms with Crippen molar-refractivity contribution in [3.63, 3.8) is 0 Å². The van der Waals surface area contributed by atoms with Gasteiger partial charge in [-0.25, -0.2) is 9.97 Å². The van der Waals surface area contributed by atoms with Crippen molar-refractivity contribution < 1.29 is 9.29 Å². The van der Waals surface area contributed by atoms with Crippen molar-refractivity contribution >= 4 is 22.8 Å². The monoisotopic (exact) mass is 407 g/mol. The Morgan fingerprint density at radius 3 is 2.62 bits per heavy atom. The number of aryl methyl sites for hydroxylation is 1. The zero-order valence-corrected chi connectivity index (χ0v) is 17.1. The van der Waals surface area contributed by atoms with Gasteiger partial charge >= 0.3 is 0 Å². The van der Waals surface area contributed by atoms with Gasteiger partial charge in [-0.1, -0.05) is 6.07 Å². The van der Waals surface area contributed by atoms with Crippen LogP contribution in [0.5, 0.6) is 0 Å². The molecular formula is C21H21N5O2S. The molecule has 0 aliphatic carbocycles. The fourth-order valence-electron chi connectivity index (χ4n) is 3.94. The smallest absolute Gasteiger partial charge is 0.229 e. The molecule has 1 unspecified atom stereocenters. The maximum Gasteiger partial charge on any atom is 0.229 e. The summed E-state index contributed by atoms with van der Waals surface area (Å²) in [6.07, 6.45) is 5.28. The highest BCUT2D eigenvalue weighted by atomic mass is 32.2. The van der Waals surface area contributed by atoms with Crippen LogP contribution in [0.1, 0.15) is 18.1 Å². The number of rotatable bonds is 4. The molecule has 1 fully saturated rings. The lowest BCUT2D eigenvalue weighted by molar-refractivity contribution is -0.0507. The average molecular weight is 407 g/mol. The van der Waals surface area contributed by atoms with E-state index in [0.717, 1.165) is 33.9 Å². The maximum absolute atomic E-state index is 12.4. The second-order valence-electron chi connectivity index (χ2n) is 7.56. The maximum atomic E-state index is 12.4. The number of hydrogen-bond donors (Lipinski definition) is 0. The van der Waals surface area contributed by atoms with E-state index in [9.17, 15) is 4.55 Å². The van der Waals surface area contributed by atoms with E-state index in [0.29, 0.717) is 24.9 Å². The molecule has 7 nitrogen and oxygen atoms in total. The molecule has 0 amide bonds. The first kappa shape index (κ1) is 18.5. The van der Waals surface area contributed by atoms with Gasteiger partial charge in [0.05, 0.1) is 36.2 Å². The third-order valence-electron chi connectivity index (χ3n) is 5.54. The Labute approximate surface area is 172 Å². The van der Waals surface area contributed by atoms with Crippen molar-refractivity contribution in [2.75, 3.05) is 30.4 Å². The Morgan fingerprint density at radius 1 is 1.17 bits per heavy atom. The van der Waals surface area contributed by atoms with Crippen molar-refractivity contribution in [1.82, 2.24) is 20.2 Å². The molecule has 1 atom stereocenters. The molecule has 8 heteroatoms. The van der Waals surface area contributed by atoms with Crippen molar-refractivity contribution in [3.05, 3.63) is 54.0 Å². The fourth-order valence-corrected chi connectivity index (χ4v) is 4.73. The zero-order valence-electron chi connectivity index (χ0n) is 16.3. The van der Waals surface area contributed by atoms with Crippen LogP contribution in [-0.2, 0) is 21.3 Å². The summed E-state index contributed by atoms with van der Waals surface area (Å²) in [4.78, 5) is 12.2. The second-order valence-corrected chi connectivity index (χ2v) is 9.30. The summed E-state index contributed by atoms with van der Waals surface area (Å²) in [6.45, 7) is 6.03. The van der Waals surface area contributed by atoms with Crippen LogP contribution in [0.25, 0.3) is 11.3 Å². The summed E-state index contributed by atoms with van der Waals surface area (Å²) in [5, 5.41) is 8.17. The molecule has 0 N–H and O–H groups in total. The van der Waals surface area contributed by atoms with E-state index in [2.05, 4.69) is 31.1 Å². The minimum Gasteiger partial charge on any atom is -0.611 e. The quantitative estimate of drug-likeness (QED) is 0.615. The largest absolute Gasteiger partial charge is 0.611 e. The van der Waals surface area contributed by atoms with E-state index >= 15 is 0 Å². The van der Waals surface area contributed by atoms with E-state index in [1.165, 1.54) is 5.56 Å². The van der Waals surface area contributed by atoms with Crippen molar-refractivity contribution in [1.29, 1.82) is 0 Å². The van der Waals surface area contributed by atoms with E-state index in [1.807, 2.05) is 32.0 Å². The van der Waals surface area contributed by atoms with Crippen molar-refractivity contribution in [3.8, 4) is 11.3 Å². The standard InChI is InChI=1S/C21H21N5O2S/c1-3-29(27)16-4-5-17-19(7-16)26(11-21(17)12-28-13-21)20-22-9-15(10-23-20)18-6-14(2)8-24-25-18/h4-10H,3,11-13H2,1-2H3. The predicted octanol–water partition coefficient (Wildman–Crippen LogP) is 2.79. The van der Waals surface area contributed by atoms with Gasteiger partial charge in [-0.05, 0) is 48.3 Å². The number of benzene rings is 1. The third kappa shape index (κ3) is 3.08. The zero-order chi connectivity index (χ0) is 20.0. The van der Waals surface area contributed by atoms with Gasteiger partial charge in [-0.15, -0.1) is 0 Å². The Morgan fingerprint density at radius 2 is 1.97 bits per heavy atom. The molecule has 5 rings (SSSR count). The number of aromatic nitrogens is 4. The van der Waals surface area contributed by atoms with Gasteiger partial charge in [0.1, 0.15) is 5.75 Å². The lowest BCUT2D eigenvalue weighted by Crippen LogP contribution is -2.49. The number of ether oxygens (including phenoxy) is 1. The molecule has 3 aromatic rings. The van der Waals surface area contributed by atoms with E-state index in [1.54, 1.807) is 18.6 Å². The molecular weight excluding hydrogens is 386 g/mol. The Bertz CT molecular complexity index is 1060. The summed E-state index contributed by atoms with van der Waals surface area (Å²) in [6, 6.07) is 8.05. The molecule has 29 heavy (non-hydrogen) atoms. The van der Waals surface area contributed by atoms with Gasteiger partial charge in [0.25, 0.3) is 0 Å². The van der Waals surface area contributed by atoms with Crippen LogP contribution in [0.3, 0.4) is 0 Å². The molecule has 1 spiro atoms. The van der Waals surface area contributed by atoms with Crippen molar-refractivity contribution in [2.24, 2.45) is 0 Å². The lowest BCUT2D eigenvalue weighted by atomic mass is 9.81. The van der Waals surface area contributed by atoms with Crippen LogP contribution < -0.4 is 4.90 Å². The topological polar surface area (TPSA) is 87.1 Å². The predicted molar refractivity (Wildman–Crippen MR) is 111 cm³/mol. The summed E-state index contributed by atoms with van der Waals surface area (Å²) in [7, 11) is 0. The molecule has 2 aliphatic rings. The second kappa shape index (κ2) is 7.05.